The van der Waals surface area contributed by atoms with E-state index in [2.05, 4.69) is 9.01 Å². The van der Waals surface area contributed by atoms with Gasteiger partial charge in [0.05, 0.1) is 17.7 Å². The Morgan fingerprint density at radius 2 is 1.61 bits per heavy atom. The van der Waals surface area contributed by atoms with Crippen LogP contribution in [0, 0.1) is 0 Å². The maximum Gasteiger partial charge on any atom is 0.312 e. The summed E-state index contributed by atoms with van der Waals surface area (Å²) in [4.78, 5) is -0.356. The molecule has 0 aromatic heterocycles. The number of aliphatic hydroxyl groups excluding tert-OH is 1. The van der Waals surface area contributed by atoms with E-state index >= 15 is 0 Å². The number of benzene rings is 1. The fraction of sp³-hybridized carbons (Fsp3) is 0.333. The smallest absolute Gasteiger partial charge is 0.312 e. The van der Waals surface area contributed by atoms with E-state index in [1.165, 1.54) is 12.1 Å². The Morgan fingerprint density at radius 1 is 1.09 bits per heavy atom. The first-order valence-electron chi connectivity index (χ1n) is 5.70. The van der Waals surface area contributed by atoms with Crippen LogP contribution < -0.4 is 10.2 Å². The molecule has 0 aliphatic carbocycles. The van der Waals surface area contributed by atoms with Gasteiger partial charge in [0.1, 0.15) is 0 Å². The zero-order chi connectivity index (χ0) is 17.9. The lowest BCUT2D eigenvalue weighted by Gasteiger charge is -2.10. The summed E-state index contributed by atoms with van der Waals surface area (Å²) in [5.74, 6) is 0. The fourth-order valence-corrected chi connectivity index (χ4v) is 2.87. The number of hydrogen-bond donors (Lipinski definition) is 4. The molecule has 23 heavy (non-hydrogen) atoms. The van der Waals surface area contributed by atoms with Gasteiger partial charge in [0, 0.05) is 5.69 Å². The lowest BCUT2D eigenvalue weighted by Crippen LogP contribution is -2.34. The van der Waals surface area contributed by atoms with Crippen molar-refractivity contribution in [2.45, 2.75) is 10.3 Å². The molecule has 1 atom stereocenters. The number of anilines is 1. The Balaban J connectivity index is 2.74. The van der Waals surface area contributed by atoms with Crippen LogP contribution in [0.4, 0.5) is 5.69 Å². The molecule has 4 N–H and O–H groups in total. The Bertz CT molecular complexity index is 844. The van der Waals surface area contributed by atoms with Gasteiger partial charge in [-0.1, -0.05) is 0 Å². The molecule has 1 unspecified atom stereocenters. The summed E-state index contributed by atoms with van der Waals surface area (Å²) in [5, 5.41) is 8.96. The topological polar surface area (TPSA) is 176 Å². The predicted octanol–water partition coefficient (Wildman–Crippen LogP) is -1.53. The highest BCUT2D eigenvalue weighted by atomic mass is 32.2. The van der Waals surface area contributed by atoms with Gasteiger partial charge >= 0.3 is 10.1 Å². The monoisotopic (exact) mass is 390 g/mol. The second kappa shape index (κ2) is 7.08. The fourth-order valence-electron chi connectivity index (χ4n) is 1.24. The van der Waals surface area contributed by atoms with Gasteiger partial charge in [0.2, 0.25) is 10.0 Å². The SMILES string of the molecule is CS(=O)(=O)Nc1ccc(S(=O)(=O)ONCC(O)S(=O)(=O)O)cc1. The maximum atomic E-state index is 11.7. The molecule has 0 fully saturated rings. The number of hydroxylamine groups is 1. The third-order valence-corrected chi connectivity index (χ3v) is 4.86. The van der Waals surface area contributed by atoms with E-state index in [-0.39, 0.29) is 10.6 Å². The van der Waals surface area contributed by atoms with Crippen LogP contribution in [0.25, 0.3) is 0 Å². The first kappa shape index (κ1) is 19.8. The summed E-state index contributed by atoms with van der Waals surface area (Å²) >= 11 is 0. The summed E-state index contributed by atoms with van der Waals surface area (Å²) in [7, 11) is -12.6. The minimum Gasteiger partial charge on any atom is -0.374 e. The molecule has 1 rings (SSSR count). The zero-order valence-electron chi connectivity index (χ0n) is 11.6. The van der Waals surface area contributed by atoms with Gasteiger partial charge in [-0.2, -0.15) is 26.6 Å². The molecule has 0 spiro atoms. The quantitative estimate of drug-likeness (QED) is 0.301. The number of rotatable bonds is 8. The number of sulfonamides is 1. The number of nitrogens with one attached hydrogen (secondary N) is 2. The Labute approximate surface area is 133 Å². The van der Waals surface area contributed by atoms with E-state index in [9.17, 15) is 25.3 Å². The van der Waals surface area contributed by atoms with E-state index in [1.807, 2.05) is 0 Å². The minimum atomic E-state index is -4.76. The minimum absolute atomic E-state index is 0.126. The average molecular weight is 390 g/mol. The lowest BCUT2D eigenvalue weighted by atomic mass is 10.3. The van der Waals surface area contributed by atoms with E-state index < -0.39 is 42.2 Å². The summed E-state index contributed by atoms with van der Waals surface area (Å²) in [5.41, 5.74) is -0.444. The van der Waals surface area contributed by atoms with Crippen molar-refractivity contribution < 1.29 is 39.2 Å². The summed E-state index contributed by atoms with van der Waals surface area (Å²) in [6.07, 6.45) is 0.922. The highest BCUT2D eigenvalue weighted by Crippen LogP contribution is 2.16. The third-order valence-electron chi connectivity index (χ3n) is 2.22. The van der Waals surface area contributed by atoms with Crippen LogP contribution in [0.15, 0.2) is 29.2 Å². The first-order valence-corrected chi connectivity index (χ1v) is 10.5. The first-order chi connectivity index (χ1) is 10.3. The highest BCUT2D eigenvalue weighted by molar-refractivity contribution is 7.92. The molecule has 0 bridgehead atoms. The summed E-state index contributed by atoms with van der Waals surface area (Å²) < 4.78 is 81.4. The number of hydrogen-bond acceptors (Lipinski definition) is 9. The second-order valence-electron chi connectivity index (χ2n) is 4.25. The second-order valence-corrected chi connectivity index (χ2v) is 9.12. The van der Waals surface area contributed by atoms with Gasteiger partial charge in [-0.25, -0.2) is 8.42 Å². The highest BCUT2D eigenvalue weighted by Gasteiger charge is 2.21. The molecule has 0 saturated carbocycles. The van der Waals surface area contributed by atoms with Crippen molar-refractivity contribution in [3.63, 3.8) is 0 Å². The average Bonchev–Trinajstić information content (AvgIpc) is 2.36. The third kappa shape index (κ3) is 6.78. The molecule has 132 valence electrons. The standard InChI is InChI=1S/C9H14N2O9S3/c1-21(13,14)11-7-2-4-8(5-3-7)23(18,19)20-10-6-9(12)22(15,16)17/h2-5,9-12H,6H2,1H3,(H,15,16,17). The molecule has 0 aliphatic rings. The van der Waals surface area contributed by atoms with Crippen molar-refractivity contribution in [1.29, 1.82) is 0 Å². The van der Waals surface area contributed by atoms with Gasteiger partial charge < -0.3 is 5.11 Å². The van der Waals surface area contributed by atoms with Gasteiger partial charge in [-0.05, 0) is 24.3 Å². The molecular weight excluding hydrogens is 376 g/mol. The molecular formula is C9H14N2O9S3. The van der Waals surface area contributed by atoms with Crippen molar-refractivity contribution in [2.24, 2.45) is 0 Å². The zero-order valence-corrected chi connectivity index (χ0v) is 14.0. The van der Waals surface area contributed by atoms with Gasteiger partial charge in [-0.3, -0.25) is 9.27 Å². The Morgan fingerprint density at radius 3 is 2.04 bits per heavy atom. The lowest BCUT2D eigenvalue weighted by molar-refractivity contribution is 0.146. The van der Waals surface area contributed by atoms with Crippen molar-refractivity contribution >= 4 is 35.9 Å². The molecule has 14 heteroatoms. The summed E-state index contributed by atoms with van der Waals surface area (Å²) in [6, 6.07) is 4.43. The molecule has 0 radical (unpaired) electrons. The molecule has 0 amide bonds. The van der Waals surface area contributed by atoms with E-state index in [0.29, 0.717) is 0 Å². The Hall–Kier alpha value is -1.29. The van der Waals surface area contributed by atoms with Crippen molar-refractivity contribution in [3.8, 4) is 0 Å². The van der Waals surface area contributed by atoms with Gasteiger partial charge in [0.25, 0.3) is 10.1 Å². The normalized spacial score (nSPS) is 14.4. The van der Waals surface area contributed by atoms with Crippen LogP contribution in [0.3, 0.4) is 0 Å². The van der Waals surface area contributed by atoms with Gasteiger partial charge in [0.15, 0.2) is 5.44 Å². The van der Waals surface area contributed by atoms with Crippen LogP contribution in [0.5, 0.6) is 0 Å². The van der Waals surface area contributed by atoms with Gasteiger partial charge in [-0.15, -0.1) is 0 Å². The van der Waals surface area contributed by atoms with Crippen molar-refractivity contribution in [3.05, 3.63) is 24.3 Å². The summed E-state index contributed by atoms with van der Waals surface area (Å²) in [6.45, 7) is -0.897. The maximum absolute atomic E-state index is 11.7. The van der Waals surface area contributed by atoms with E-state index in [0.717, 1.165) is 18.4 Å². The predicted molar refractivity (Wildman–Crippen MR) is 78.7 cm³/mol. The van der Waals surface area contributed by atoms with E-state index in [1.54, 1.807) is 5.48 Å². The van der Waals surface area contributed by atoms with Crippen LogP contribution in [-0.2, 0) is 34.5 Å². The van der Waals surface area contributed by atoms with Crippen molar-refractivity contribution in [2.75, 3.05) is 17.5 Å². The van der Waals surface area contributed by atoms with Crippen LogP contribution in [-0.4, -0.2) is 53.1 Å². The van der Waals surface area contributed by atoms with Crippen LogP contribution in [0.2, 0.25) is 0 Å². The molecule has 11 nitrogen and oxygen atoms in total. The van der Waals surface area contributed by atoms with Crippen LogP contribution >= 0.6 is 0 Å². The van der Waals surface area contributed by atoms with E-state index in [4.69, 9.17) is 9.66 Å². The Kier molecular flexibility index (Phi) is 6.08. The van der Waals surface area contributed by atoms with Crippen molar-refractivity contribution in [1.82, 2.24) is 5.48 Å². The van der Waals surface area contributed by atoms with Crippen LogP contribution in [0.1, 0.15) is 0 Å². The molecule has 1 aromatic carbocycles. The molecule has 0 aliphatic heterocycles. The molecule has 0 saturated heterocycles. The molecule has 0 heterocycles. The largest absolute Gasteiger partial charge is 0.374 e. The molecule has 1 aromatic rings. The number of aliphatic hydroxyl groups is 1.